The van der Waals surface area contributed by atoms with Gasteiger partial charge in [0.15, 0.2) is 5.69 Å². The normalized spacial score (nSPS) is 29.6. The Morgan fingerprint density at radius 1 is 1.15 bits per heavy atom. The quantitative estimate of drug-likeness (QED) is 0.614. The Morgan fingerprint density at radius 2 is 1.82 bits per heavy atom. The third kappa shape index (κ3) is 4.72. The van der Waals surface area contributed by atoms with E-state index < -0.39 is 10.2 Å². The summed E-state index contributed by atoms with van der Waals surface area (Å²) in [5, 5.41) is 7.03. The highest BCUT2D eigenvalue weighted by Gasteiger charge is 2.49. The molecular formula is C23H37N5O4S. The summed E-state index contributed by atoms with van der Waals surface area (Å²) < 4.78 is 35.9. The first-order valence-corrected chi connectivity index (χ1v) is 14.0. The van der Waals surface area contributed by atoms with E-state index in [1.807, 2.05) is 0 Å². The number of fused-ring (bicyclic) bond motifs is 2. The third-order valence-corrected chi connectivity index (χ3v) is 10.1. The Morgan fingerprint density at radius 3 is 2.42 bits per heavy atom. The molecule has 1 unspecified atom stereocenters. The molecule has 4 fully saturated rings. The van der Waals surface area contributed by atoms with Crippen LogP contribution < -0.4 is 5.32 Å². The first-order valence-electron chi connectivity index (χ1n) is 12.6. The molecule has 1 amide bonds. The van der Waals surface area contributed by atoms with Crippen LogP contribution in [0.5, 0.6) is 0 Å². The highest BCUT2D eigenvalue weighted by atomic mass is 32.2. The van der Waals surface area contributed by atoms with Gasteiger partial charge in [0, 0.05) is 49.2 Å². The molecule has 3 saturated heterocycles. The summed E-state index contributed by atoms with van der Waals surface area (Å²) in [5.41, 5.74) is 0.329. The van der Waals surface area contributed by atoms with E-state index in [4.69, 9.17) is 4.52 Å². The summed E-state index contributed by atoms with van der Waals surface area (Å²) in [4.78, 5) is 15.0. The highest BCUT2D eigenvalue weighted by Crippen LogP contribution is 2.41. The molecule has 3 aliphatic heterocycles. The van der Waals surface area contributed by atoms with Crippen molar-refractivity contribution in [3.05, 3.63) is 17.5 Å². The predicted octanol–water partition coefficient (Wildman–Crippen LogP) is 2.33. The molecule has 1 aliphatic carbocycles. The van der Waals surface area contributed by atoms with Crippen LogP contribution in [0.3, 0.4) is 0 Å². The van der Waals surface area contributed by atoms with Gasteiger partial charge in [-0.2, -0.15) is 17.0 Å². The van der Waals surface area contributed by atoms with Gasteiger partial charge < -0.3 is 14.7 Å². The number of hydrogen-bond acceptors (Lipinski definition) is 6. The fourth-order valence-electron chi connectivity index (χ4n) is 6.03. The SMILES string of the molecule is CCCN(C)C1CCN(S(=O)(=O)N2[C@@H]3CC[C@H]2CC(NC(=O)c2cc(C4CC4)on2)C3)CC1. The van der Waals surface area contributed by atoms with Gasteiger partial charge in [-0.25, -0.2) is 0 Å². The van der Waals surface area contributed by atoms with E-state index in [9.17, 15) is 13.2 Å². The third-order valence-electron chi connectivity index (χ3n) is 7.96. The molecule has 0 radical (unpaired) electrons. The second kappa shape index (κ2) is 9.28. The van der Waals surface area contributed by atoms with Gasteiger partial charge in [0.2, 0.25) is 0 Å². The molecule has 1 aromatic rings. The van der Waals surface area contributed by atoms with E-state index in [0.29, 0.717) is 43.6 Å². The summed E-state index contributed by atoms with van der Waals surface area (Å²) in [5.74, 6) is 0.996. The lowest BCUT2D eigenvalue weighted by molar-refractivity contribution is 0.0896. The van der Waals surface area contributed by atoms with Crippen LogP contribution in [-0.4, -0.2) is 83.8 Å². The van der Waals surface area contributed by atoms with Crippen molar-refractivity contribution in [3.63, 3.8) is 0 Å². The summed E-state index contributed by atoms with van der Waals surface area (Å²) in [7, 11) is -1.34. The second-order valence-electron chi connectivity index (χ2n) is 10.4. The van der Waals surface area contributed by atoms with E-state index >= 15 is 0 Å². The molecule has 0 aromatic carbocycles. The molecule has 0 spiro atoms. The van der Waals surface area contributed by atoms with E-state index in [1.165, 1.54) is 0 Å². The molecule has 4 aliphatic rings. The molecule has 3 atom stereocenters. The Balaban J connectivity index is 1.18. The number of rotatable bonds is 8. The zero-order valence-electron chi connectivity index (χ0n) is 19.8. The molecule has 184 valence electrons. The lowest BCUT2D eigenvalue weighted by atomic mass is 9.99. The first kappa shape index (κ1) is 23.3. The zero-order chi connectivity index (χ0) is 23.2. The molecular weight excluding hydrogens is 442 g/mol. The van der Waals surface area contributed by atoms with Crippen LogP contribution in [0.15, 0.2) is 10.6 Å². The maximum atomic E-state index is 13.6. The van der Waals surface area contributed by atoms with Crippen molar-refractivity contribution >= 4 is 16.1 Å². The van der Waals surface area contributed by atoms with Gasteiger partial charge >= 0.3 is 0 Å². The van der Waals surface area contributed by atoms with Gasteiger partial charge in [-0.1, -0.05) is 12.1 Å². The second-order valence-corrected chi connectivity index (χ2v) is 12.2. The van der Waals surface area contributed by atoms with Crippen LogP contribution in [0, 0.1) is 0 Å². The van der Waals surface area contributed by atoms with Gasteiger partial charge in [-0.3, -0.25) is 4.79 Å². The van der Waals surface area contributed by atoms with E-state index in [0.717, 1.165) is 57.3 Å². The molecule has 33 heavy (non-hydrogen) atoms. The maximum Gasteiger partial charge on any atom is 0.282 e. The van der Waals surface area contributed by atoms with Crippen LogP contribution in [-0.2, 0) is 10.2 Å². The van der Waals surface area contributed by atoms with Crippen molar-refractivity contribution in [2.75, 3.05) is 26.7 Å². The van der Waals surface area contributed by atoms with Gasteiger partial charge in [-0.15, -0.1) is 0 Å². The molecule has 1 N–H and O–H groups in total. The highest BCUT2D eigenvalue weighted by molar-refractivity contribution is 7.86. The fourth-order valence-corrected chi connectivity index (χ4v) is 8.10. The molecule has 10 heteroatoms. The molecule has 5 rings (SSSR count). The topological polar surface area (TPSA) is 99.0 Å². The number of carbonyl (C=O) groups excluding carboxylic acids is 1. The number of amides is 1. The molecule has 9 nitrogen and oxygen atoms in total. The number of aromatic nitrogens is 1. The number of hydrogen-bond donors (Lipinski definition) is 1. The standard InChI is InChI=1S/C23H37N5O4S/c1-3-10-26(2)18-8-11-27(12-9-18)33(30,31)28-19-6-7-20(28)14-17(13-19)24-23(29)21-15-22(32-25-21)16-4-5-16/h15-20H,3-14H2,1-2H3,(H,24,29)/t17?,19-,20+. The van der Waals surface area contributed by atoms with Gasteiger partial charge in [-0.05, 0) is 71.4 Å². The number of piperidine rings is 2. The van der Waals surface area contributed by atoms with Crippen molar-refractivity contribution in [2.45, 2.75) is 94.8 Å². The van der Waals surface area contributed by atoms with Crippen molar-refractivity contribution in [1.82, 2.24) is 24.0 Å². The van der Waals surface area contributed by atoms with E-state index in [2.05, 4.69) is 29.3 Å². The average Bonchev–Trinajstić information content (AvgIpc) is 3.45. The minimum Gasteiger partial charge on any atom is -0.360 e. The molecule has 1 aromatic heterocycles. The average molecular weight is 480 g/mol. The largest absolute Gasteiger partial charge is 0.360 e. The number of nitrogens with zero attached hydrogens (tertiary/aromatic N) is 4. The van der Waals surface area contributed by atoms with Crippen molar-refractivity contribution in [2.24, 2.45) is 0 Å². The van der Waals surface area contributed by atoms with Crippen LogP contribution in [0.1, 0.15) is 86.9 Å². The summed E-state index contributed by atoms with van der Waals surface area (Å²) in [6.07, 6.45) is 8.12. The maximum absolute atomic E-state index is 13.6. The summed E-state index contributed by atoms with van der Waals surface area (Å²) in [6.45, 7) is 4.41. The minimum absolute atomic E-state index is 0.0315. The van der Waals surface area contributed by atoms with Gasteiger partial charge in [0.05, 0.1) is 0 Å². The summed E-state index contributed by atoms with van der Waals surface area (Å²) >= 11 is 0. The van der Waals surface area contributed by atoms with Gasteiger partial charge in [0.1, 0.15) is 5.76 Å². The Labute approximate surface area is 197 Å². The van der Waals surface area contributed by atoms with Crippen LogP contribution in [0.25, 0.3) is 0 Å². The Hall–Kier alpha value is -1.49. The minimum atomic E-state index is -3.48. The number of nitrogens with one attached hydrogen (secondary N) is 1. The van der Waals surface area contributed by atoms with Crippen LogP contribution in [0.4, 0.5) is 0 Å². The van der Waals surface area contributed by atoms with Gasteiger partial charge in [0.25, 0.3) is 16.1 Å². The Bertz CT molecular complexity index is 940. The smallest absolute Gasteiger partial charge is 0.282 e. The molecule has 1 saturated carbocycles. The van der Waals surface area contributed by atoms with Crippen LogP contribution >= 0.6 is 0 Å². The summed E-state index contributed by atoms with van der Waals surface area (Å²) in [6, 6.07) is 2.10. The van der Waals surface area contributed by atoms with E-state index in [-0.39, 0.29) is 24.0 Å². The monoisotopic (exact) mass is 479 g/mol. The lowest BCUT2D eigenvalue weighted by Crippen LogP contribution is -2.57. The molecule has 2 bridgehead atoms. The first-order chi connectivity index (χ1) is 15.9. The predicted molar refractivity (Wildman–Crippen MR) is 124 cm³/mol. The van der Waals surface area contributed by atoms with Crippen molar-refractivity contribution in [3.8, 4) is 0 Å². The zero-order valence-corrected chi connectivity index (χ0v) is 20.6. The van der Waals surface area contributed by atoms with Crippen molar-refractivity contribution in [1.29, 1.82) is 0 Å². The fraction of sp³-hybridized carbons (Fsp3) is 0.826. The Kier molecular flexibility index (Phi) is 6.54. The number of carbonyl (C=O) groups is 1. The molecule has 4 heterocycles. The van der Waals surface area contributed by atoms with Crippen LogP contribution in [0.2, 0.25) is 0 Å². The van der Waals surface area contributed by atoms with Crippen molar-refractivity contribution < 1.29 is 17.7 Å². The lowest BCUT2D eigenvalue weighted by Gasteiger charge is -2.43. The van der Waals surface area contributed by atoms with E-state index in [1.54, 1.807) is 14.7 Å².